The zero-order chi connectivity index (χ0) is 15.0. The van der Waals surface area contributed by atoms with E-state index in [4.69, 9.17) is 4.42 Å². The maximum absolute atomic E-state index is 12.0. The molecule has 0 saturated carbocycles. The summed E-state index contributed by atoms with van der Waals surface area (Å²) in [5, 5.41) is 0.251. The summed E-state index contributed by atoms with van der Waals surface area (Å²) in [7, 11) is -4.53. The van der Waals surface area contributed by atoms with Gasteiger partial charge in [0.25, 0.3) is 10.1 Å². The smallest absolute Gasteiger partial charge is 0.413 e. The van der Waals surface area contributed by atoms with Crippen molar-refractivity contribution in [3.8, 4) is 0 Å². The molecule has 2 aromatic rings. The zero-order valence-electron chi connectivity index (χ0n) is 9.68. The Morgan fingerprint density at radius 3 is 2.50 bits per heavy atom. The first kappa shape index (κ1) is 14.5. The average molecular weight is 308 g/mol. The lowest BCUT2D eigenvalue weighted by Crippen LogP contribution is -2.20. The Morgan fingerprint density at radius 1 is 1.15 bits per heavy atom. The number of alkyl halides is 3. The molecule has 1 aromatic heterocycles. The lowest BCUT2D eigenvalue weighted by Gasteiger charge is -2.08. The molecule has 0 aliphatic carbocycles. The monoisotopic (exact) mass is 308 g/mol. The van der Waals surface area contributed by atoms with E-state index < -0.39 is 33.4 Å². The first-order valence-corrected chi connectivity index (χ1v) is 6.58. The molecule has 5 nitrogen and oxygen atoms in total. The van der Waals surface area contributed by atoms with Gasteiger partial charge in [-0.25, -0.2) is 4.79 Å². The summed E-state index contributed by atoms with van der Waals surface area (Å²) in [4.78, 5) is 10.5. The number of rotatable bonds is 3. The van der Waals surface area contributed by atoms with Crippen molar-refractivity contribution < 1.29 is 30.2 Å². The quantitative estimate of drug-likeness (QED) is 0.641. The van der Waals surface area contributed by atoms with E-state index in [2.05, 4.69) is 4.18 Å². The van der Waals surface area contributed by atoms with Crippen molar-refractivity contribution in [1.82, 2.24) is 0 Å². The van der Waals surface area contributed by atoms with Crippen LogP contribution in [-0.2, 0) is 14.3 Å². The van der Waals surface area contributed by atoms with Gasteiger partial charge in [0.1, 0.15) is 5.58 Å². The predicted octanol–water partition coefficient (Wildman–Crippen LogP) is 2.06. The van der Waals surface area contributed by atoms with Gasteiger partial charge in [-0.2, -0.15) is 21.6 Å². The first-order chi connectivity index (χ1) is 9.17. The van der Waals surface area contributed by atoms with Gasteiger partial charge in [-0.05, 0) is 24.3 Å². The molecule has 0 radical (unpaired) electrons. The topological polar surface area (TPSA) is 73.6 Å². The van der Waals surface area contributed by atoms with Crippen molar-refractivity contribution >= 4 is 21.1 Å². The SMILES string of the molecule is O=c1ccc2cc(S(=O)(=O)OCC(F)(F)F)ccc2o1. The summed E-state index contributed by atoms with van der Waals surface area (Å²) in [6, 6.07) is 5.58. The molecule has 1 heterocycles. The second-order valence-corrected chi connectivity index (χ2v) is 5.40. The van der Waals surface area contributed by atoms with Gasteiger partial charge >= 0.3 is 11.8 Å². The zero-order valence-corrected chi connectivity index (χ0v) is 10.5. The normalized spacial score (nSPS) is 12.8. The molecule has 20 heavy (non-hydrogen) atoms. The average Bonchev–Trinajstić information content (AvgIpc) is 2.35. The summed E-state index contributed by atoms with van der Waals surface area (Å²) in [6.07, 6.45) is -4.75. The number of fused-ring (bicyclic) bond motifs is 1. The van der Waals surface area contributed by atoms with Crippen LogP contribution in [0.15, 0.2) is 44.4 Å². The van der Waals surface area contributed by atoms with E-state index in [1.165, 1.54) is 12.1 Å². The lowest BCUT2D eigenvalue weighted by atomic mass is 10.2. The van der Waals surface area contributed by atoms with E-state index in [9.17, 15) is 26.4 Å². The number of benzene rings is 1. The van der Waals surface area contributed by atoms with E-state index in [0.29, 0.717) is 0 Å². The van der Waals surface area contributed by atoms with Gasteiger partial charge < -0.3 is 4.42 Å². The van der Waals surface area contributed by atoms with Crippen LogP contribution < -0.4 is 5.63 Å². The van der Waals surface area contributed by atoms with Crippen LogP contribution in [0.2, 0.25) is 0 Å². The lowest BCUT2D eigenvalue weighted by molar-refractivity contribution is -0.152. The van der Waals surface area contributed by atoms with E-state index >= 15 is 0 Å². The van der Waals surface area contributed by atoms with E-state index in [1.54, 1.807) is 0 Å². The van der Waals surface area contributed by atoms with Crippen molar-refractivity contribution in [3.05, 3.63) is 40.8 Å². The molecule has 0 spiro atoms. The Hall–Kier alpha value is -1.87. The molecule has 0 saturated heterocycles. The minimum atomic E-state index is -4.75. The minimum absolute atomic E-state index is 0.118. The van der Waals surface area contributed by atoms with Gasteiger partial charge in [-0.15, -0.1) is 0 Å². The molecule has 9 heteroatoms. The highest BCUT2D eigenvalue weighted by Crippen LogP contribution is 2.22. The van der Waals surface area contributed by atoms with Crippen LogP contribution >= 0.6 is 0 Å². The third kappa shape index (κ3) is 3.36. The van der Waals surface area contributed by atoms with Crippen LogP contribution in [0, 0.1) is 0 Å². The Morgan fingerprint density at radius 2 is 1.85 bits per heavy atom. The Balaban J connectivity index is 2.37. The first-order valence-electron chi connectivity index (χ1n) is 5.17. The fourth-order valence-corrected chi connectivity index (χ4v) is 2.35. The van der Waals surface area contributed by atoms with E-state index in [0.717, 1.165) is 18.2 Å². The fourth-order valence-electron chi connectivity index (χ4n) is 1.42. The van der Waals surface area contributed by atoms with Crippen LogP contribution in [0.5, 0.6) is 0 Å². The molecule has 108 valence electrons. The second-order valence-electron chi connectivity index (χ2n) is 3.79. The molecule has 2 rings (SSSR count). The molecule has 0 bridgehead atoms. The number of hydrogen-bond donors (Lipinski definition) is 0. The Bertz CT molecular complexity index is 792. The molecule has 0 fully saturated rings. The van der Waals surface area contributed by atoms with Crippen molar-refractivity contribution in [2.24, 2.45) is 0 Å². The third-order valence-electron chi connectivity index (χ3n) is 2.26. The maximum Gasteiger partial charge on any atom is 0.413 e. The van der Waals surface area contributed by atoms with Crippen LogP contribution in [0.1, 0.15) is 0 Å². The van der Waals surface area contributed by atoms with Gasteiger partial charge in [-0.1, -0.05) is 0 Å². The number of halogens is 3. The molecule has 0 aliphatic heterocycles. The molecule has 0 unspecified atom stereocenters. The van der Waals surface area contributed by atoms with Crippen LogP contribution in [0.25, 0.3) is 11.0 Å². The molecule has 0 atom stereocenters. The minimum Gasteiger partial charge on any atom is -0.423 e. The van der Waals surface area contributed by atoms with Crippen molar-refractivity contribution in [3.63, 3.8) is 0 Å². The Kier molecular flexibility index (Phi) is 3.57. The predicted molar refractivity (Wildman–Crippen MR) is 61.7 cm³/mol. The van der Waals surface area contributed by atoms with Crippen LogP contribution in [0.3, 0.4) is 0 Å². The summed E-state index contributed by atoms with van der Waals surface area (Å²) >= 11 is 0. The van der Waals surface area contributed by atoms with Gasteiger partial charge in [0.15, 0.2) is 6.61 Å². The van der Waals surface area contributed by atoms with Crippen molar-refractivity contribution in [2.45, 2.75) is 11.1 Å². The summed E-state index contributed by atoms with van der Waals surface area (Å²) in [5.74, 6) is 0. The third-order valence-corrected chi connectivity index (χ3v) is 3.52. The van der Waals surface area contributed by atoms with Crippen molar-refractivity contribution in [2.75, 3.05) is 6.61 Å². The molecule has 0 N–H and O–H groups in total. The summed E-state index contributed by atoms with van der Waals surface area (Å²) < 4.78 is 67.7. The second kappa shape index (κ2) is 4.91. The molecular weight excluding hydrogens is 301 g/mol. The van der Waals surface area contributed by atoms with Crippen LogP contribution in [-0.4, -0.2) is 21.2 Å². The Labute approximate surface area is 110 Å². The van der Waals surface area contributed by atoms with E-state index in [1.807, 2.05) is 0 Å². The summed E-state index contributed by atoms with van der Waals surface area (Å²) in [5.41, 5.74) is -0.506. The maximum atomic E-state index is 12.0. The molecular formula is C11H7F3O5S. The van der Waals surface area contributed by atoms with Crippen molar-refractivity contribution in [1.29, 1.82) is 0 Å². The molecule has 0 aliphatic rings. The molecule has 1 aromatic carbocycles. The standard InChI is InChI=1S/C11H7F3O5S/c12-11(13,14)6-18-20(16,17)8-2-3-9-7(5-8)1-4-10(15)19-9/h1-5H,6H2. The highest BCUT2D eigenvalue weighted by molar-refractivity contribution is 7.86. The highest BCUT2D eigenvalue weighted by atomic mass is 32.2. The molecule has 0 amide bonds. The van der Waals surface area contributed by atoms with Gasteiger partial charge in [0.2, 0.25) is 0 Å². The van der Waals surface area contributed by atoms with Crippen LogP contribution in [0.4, 0.5) is 13.2 Å². The largest absolute Gasteiger partial charge is 0.423 e. The van der Waals surface area contributed by atoms with Gasteiger partial charge in [0, 0.05) is 11.5 Å². The van der Waals surface area contributed by atoms with E-state index in [-0.39, 0.29) is 11.0 Å². The van der Waals surface area contributed by atoms with Gasteiger partial charge in [0.05, 0.1) is 4.90 Å². The highest BCUT2D eigenvalue weighted by Gasteiger charge is 2.31. The summed E-state index contributed by atoms with van der Waals surface area (Å²) in [6.45, 7) is -1.91. The van der Waals surface area contributed by atoms with Gasteiger partial charge in [-0.3, -0.25) is 4.18 Å². The number of hydrogen-bond acceptors (Lipinski definition) is 5. The fraction of sp³-hybridized carbons (Fsp3) is 0.182.